The number of benzene rings is 2. The molecule has 15 heteroatoms. The van der Waals surface area contributed by atoms with Gasteiger partial charge in [0.1, 0.15) is 5.75 Å². The molecule has 1 N–H and O–H groups in total. The highest BCUT2D eigenvalue weighted by atomic mass is 32.2. The number of aromatic carboxylic acids is 1. The SMILES string of the molecule is O=C(O)c1cc(OC(F)(F)F)cc(S(=O)(=O)Cc2ccc(S(=O)(=O)C(F)(F)F)cc2)c1. The fraction of sp³-hybridized carbons (Fsp3) is 0.188. The van der Waals surface area contributed by atoms with Gasteiger partial charge in [-0.3, -0.25) is 0 Å². The Morgan fingerprint density at radius 2 is 1.42 bits per heavy atom. The summed E-state index contributed by atoms with van der Waals surface area (Å²) in [5.41, 5.74) is -6.61. The summed E-state index contributed by atoms with van der Waals surface area (Å²) in [4.78, 5) is 9.08. The topological polar surface area (TPSA) is 115 Å². The molecular formula is C16H10F6O7S2. The van der Waals surface area contributed by atoms with Gasteiger partial charge in [0.15, 0.2) is 9.84 Å². The zero-order valence-corrected chi connectivity index (χ0v) is 16.4. The van der Waals surface area contributed by atoms with Gasteiger partial charge in [-0.05, 0) is 35.9 Å². The normalized spacial score (nSPS) is 13.1. The molecule has 0 saturated carbocycles. The summed E-state index contributed by atoms with van der Waals surface area (Å²) in [7, 11) is -10.2. The van der Waals surface area contributed by atoms with Gasteiger partial charge in [0.05, 0.1) is 21.1 Å². The Bertz CT molecular complexity index is 1200. The van der Waals surface area contributed by atoms with Gasteiger partial charge >= 0.3 is 17.8 Å². The fourth-order valence-corrected chi connectivity index (χ4v) is 4.43. The largest absolute Gasteiger partial charge is 0.573 e. The number of carboxylic acids is 1. The summed E-state index contributed by atoms with van der Waals surface area (Å²) in [6, 6.07) is 4.01. The number of carbonyl (C=O) groups is 1. The summed E-state index contributed by atoms with van der Waals surface area (Å²) < 4.78 is 126. The van der Waals surface area contributed by atoms with Gasteiger partial charge in [-0.15, -0.1) is 13.2 Å². The zero-order chi connectivity index (χ0) is 23.8. The third-order valence-corrected chi connectivity index (χ3v) is 6.78. The maximum Gasteiger partial charge on any atom is 0.573 e. The van der Waals surface area contributed by atoms with Crippen LogP contribution in [-0.2, 0) is 25.4 Å². The Kier molecular flexibility index (Phi) is 6.34. The molecule has 0 fully saturated rings. The molecule has 0 amide bonds. The lowest BCUT2D eigenvalue weighted by atomic mass is 10.2. The van der Waals surface area contributed by atoms with Crippen molar-refractivity contribution in [1.29, 1.82) is 0 Å². The molecular weight excluding hydrogens is 482 g/mol. The van der Waals surface area contributed by atoms with E-state index in [-0.39, 0.29) is 5.56 Å². The molecule has 0 atom stereocenters. The first-order chi connectivity index (χ1) is 13.9. The Hall–Kier alpha value is -2.81. The number of hydrogen-bond acceptors (Lipinski definition) is 6. The van der Waals surface area contributed by atoms with Crippen molar-refractivity contribution in [2.45, 2.75) is 27.4 Å². The minimum Gasteiger partial charge on any atom is -0.478 e. The number of ether oxygens (including phenoxy) is 1. The van der Waals surface area contributed by atoms with Gasteiger partial charge in [0.2, 0.25) is 0 Å². The Labute approximate surface area is 170 Å². The van der Waals surface area contributed by atoms with Gasteiger partial charge < -0.3 is 9.84 Å². The van der Waals surface area contributed by atoms with Crippen molar-refractivity contribution in [3.63, 3.8) is 0 Å². The monoisotopic (exact) mass is 492 g/mol. The van der Waals surface area contributed by atoms with Crippen LogP contribution in [-0.4, -0.2) is 39.8 Å². The standard InChI is InChI=1S/C16H10F6O7S2/c17-15(18,19)29-11-5-10(14(23)24)6-13(7-11)30(25,26)8-9-1-3-12(4-2-9)31(27,28)16(20,21)22/h1-7H,8H2,(H,23,24). The second-order valence-electron chi connectivity index (χ2n) is 5.90. The average Bonchev–Trinajstić information content (AvgIpc) is 2.59. The van der Waals surface area contributed by atoms with Crippen LogP contribution in [0.5, 0.6) is 5.75 Å². The van der Waals surface area contributed by atoms with E-state index in [2.05, 4.69) is 4.74 Å². The molecule has 31 heavy (non-hydrogen) atoms. The molecule has 0 aromatic heterocycles. The predicted octanol–water partition coefficient (Wildman–Crippen LogP) is 3.55. The van der Waals surface area contributed by atoms with Crippen molar-refractivity contribution in [2.24, 2.45) is 0 Å². The quantitative estimate of drug-likeness (QED) is 0.614. The molecule has 7 nitrogen and oxygen atoms in total. The van der Waals surface area contributed by atoms with E-state index in [9.17, 15) is 48.0 Å². The smallest absolute Gasteiger partial charge is 0.478 e. The molecule has 0 unspecified atom stereocenters. The zero-order valence-electron chi connectivity index (χ0n) is 14.7. The Morgan fingerprint density at radius 1 is 0.871 bits per heavy atom. The van der Waals surface area contributed by atoms with E-state index in [1.165, 1.54) is 0 Å². The first kappa shape index (κ1) is 24.5. The Morgan fingerprint density at radius 3 is 1.87 bits per heavy atom. The van der Waals surface area contributed by atoms with Gasteiger partial charge in [0, 0.05) is 0 Å². The van der Waals surface area contributed by atoms with E-state index in [0.29, 0.717) is 30.3 Å². The van der Waals surface area contributed by atoms with Gasteiger partial charge in [0.25, 0.3) is 9.84 Å². The summed E-state index contributed by atoms with van der Waals surface area (Å²) in [5, 5.41) is 8.98. The highest BCUT2D eigenvalue weighted by Crippen LogP contribution is 2.31. The van der Waals surface area contributed by atoms with Gasteiger partial charge in [-0.2, -0.15) is 13.2 Å². The molecule has 0 radical (unpaired) electrons. The highest BCUT2D eigenvalue weighted by Gasteiger charge is 2.46. The predicted molar refractivity (Wildman–Crippen MR) is 90.7 cm³/mol. The van der Waals surface area contributed by atoms with Crippen LogP contribution in [0.25, 0.3) is 0 Å². The van der Waals surface area contributed by atoms with Crippen LogP contribution in [0.3, 0.4) is 0 Å². The number of hydrogen-bond donors (Lipinski definition) is 1. The fourth-order valence-electron chi connectivity index (χ4n) is 2.27. The van der Waals surface area contributed by atoms with Crippen molar-refractivity contribution in [1.82, 2.24) is 0 Å². The molecule has 170 valence electrons. The van der Waals surface area contributed by atoms with Crippen molar-refractivity contribution < 1.29 is 57.8 Å². The molecule has 2 aromatic rings. The molecule has 0 aliphatic rings. The third kappa shape index (κ3) is 5.88. The lowest BCUT2D eigenvalue weighted by molar-refractivity contribution is -0.274. The lowest BCUT2D eigenvalue weighted by Crippen LogP contribution is -2.23. The van der Waals surface area contributed by atoms with Crippen molar-refractivity contribution in [3.05, 3.63) is 53.6 Å². The minimum absolute atomic E-state index is 0.208. The summed E-state index contributed by atoms with van der Waals surface area (Å²) in [6.07, 6.45) is -5.24. The van der Waals surface area contributed by atoms with Crippen molar-refractivity contribution in [2.75, 3.05) is 0 Å². The van der Waals surface area contributed by atoms with Crippen LogP contribution in [0.1, 0.15) is 15.9 Å². The first-order valence-electron chi connectivity index (χ1n) is 7.69. The van der Waals surface area contributed by atoms with E-state index in [1.54, 1.807) is 0 Å². The van der Waals surface area contributed by atoms with Crippen LogP contribution in [0, 0.1) is 0 Å². The third-order valence-electron chi connectivity index (χ3n) is 3.61. The van der Waals surface area contributed by atoms with E-state index in [1.807, 2.05) is 0 Å². The van der Waals surface area contributed by atoms with Crippen LogP contribution >= 0.6 is 0 Å². The summed E-state index contributed by atoms with van der Waals surface area (Å²) >= 11 is 0. The second kappa shape index (κ2) is 8.03. The summed E-state index contributed by atoms with van der Waals surface area (Å²) in [6.45, 7) is 0. The van der Waals surface area contributed by atoms with Crippen molar-refractivity contribution >= 4 is 25.6 Å². The van der Waals surface area contributed by atoms with Gasteiger partial charge in [-0.1, -0.05) is 12.1 Å². The van der Waals surface area contributed by atoms with Crippen LogP contribution in [0.4, 0.5) is 26.3 Å². The van der Waals surface area contributed by atoms with E-state index >= 15 is 0 Å². The van der Waals surface area contributed by atoms with E-state index in [0.717, 1.165) is 12.1 Å². The highest BCUT2D eigenvalue weighted by molar-refractivity contribution is 7.92. The van der Waals surface area contributed by atoms with E-state index in [4.69, 9.17) is 5.11 Å². The minimum atomic E-state index is -5.66. The Balaban J connectivity index is 2.41. The maximum absolute atomic E-state index is 12.5. The maximum atomic E-state index is 12.5. The summed E-state index contributed by atoms with van der Waals surface area (Å²) in [5.74, 6) is -3.84. The molecule has 0 bridgehead atoms. The first-order valence-corrected chi connectivity index (χ1v) is 10.8. The molecule has 0 spiro atoms. The van der Waals surface area contributed by atoms with Gasteiger partial charge in [-0.25, -0.2) is 21.6 Å². The molecule has 0 saturated heterocycles. The average molecular weight is 492 g/mol. The molecule has 0 aliphatic carbocycles. The number of rotatable bonds is 6. The molecule has 0 heterocycles. The molecule has 2 rings (SSSR count). The number of sulfone groups is 2. The number of halogens is 6. The van der Waals surface area contributed by atoms with Crippen molar-refractivity contribution in [3.8, 4) is 5.75 Å². The van der Waals surface area contributed by atoms with E-state index < -0.39 is 64.4 Å². The molecule has 2 aromatic carbocycles. The second-order valence-corrected chi connectivity index (χ2v) is 9.83. The number of carboxylic acid groups (broad SMARTS) is 1. The van der Waals surface area contributed by atoms with Crippen LogP contribution in [0.15, 0.2) is 52.3 Å². The number of alkyl halides is 6. The lowest BCUT2D eigenvalue weighted by Gasteiger charge is -2.12. The molecule has 0 aliphatic heterocycles. The van der Waals surface area contributed by atoms with Crippen LogP contribution < -0.4 is 4.74 Å². The van der Waals surface area contributed by atoms with Crippen LogP contribution in [0.2, 0.25) is 0 Å².